The first-order valence-electron chi connectivity index (χ1n) is 12.9. The molecule has 6 nitrogen and oxygen atoms in total. The van der Waals surface area contributed by atoms with Crippen LogP contribution in [0.4, 0.5) is 10.5 Å². The standard InChI is InChI=1S/C29H36N4O2Si/c1-28(2)24-18-30-25(32-26(34)29(15-10-16-29)36(3,4)5)23(24)19-33(28)27(35)31-22-14-9-13-21(17-22)20-11-7-6-8-12-20/h6-9,11-14,17H,10,15-16,18-19H2,1-5H3,(H,31,35)(H,30,32,34). The van der Waals surface area contributed by atoms with Crippen LogP contribution in [0, 0.1) is 0 Å². The highest BCUT2D eigenvalue weighted by Crippen LogP contribution is 2.55. The molecular formula is C29H36N4O2Si. The predicted octanol–water partition coefficient (Wildman–Crippen LogP) is 6.07. The van der Waals surface area contributed by atoms with Crippen LogP contribution in [-0.2, 0) is 4.79 Å². The first-order chi connectivity index (χ1) is 17.0. The molecule has 1 fully saturated rings. The highest BCUT2D eigenvalue weighted by atomic mass is 28.3. The van der Waals surface area contributed by atoms with Gasteiger partial charge in [0, 0.05) is 16.3 Å². The lowest BCUT2D eigenvalue weighted by Gasteiger charge is -2.49. The second-order valence-electron chi connectivity index (χ2n) is 11.8. The summed E-state index contributed by atoms with van der Waals surface area (Å²) in [6.07, 6.45) is 3.05. The van der Waals surface area contributed by atoms with Gasteiger partial charge in [0.1, 0.15) is 5.84 Å². The summed E-state index contributed by atoms with van der Waals surface area (Å²) in [5.74, 6) is 0.785. The van der Waals surface area contributed by atoms with Crippen LogP contribution in [0.2, 0.25) is 24.7 Å². The van der Waals surface area contributed by atoms with Gasteiger partial charge in [0.25, 0.3) is 0 Å². The van der Waals surface area contributed by atoms with Crippen molar-refractivity contribution in [2.75, 3.05) is 18.4 Å². The summed E-state index contributed by atoms with van der Waals surface area (Å²) in [6, 6.07) is 17.9. The average molecular weight is 501 g/mol. The van der Waals surface area contributed by atoms with E-state index in [0.717, 1.165) is 47.2 Å². The zero-order valence-electron chi connectivity index (χ0n) is 21.9. The van der Waals surface area contributed by atoms with E-state index in [-0.39, 0.29) is 17.0 Å². The Balaban J connectivity index is 1.30. The first-order valence-corrected chi connectivity index (χ1v) is 16.4. The molecule has 5 rings (SSSR count). The number of amidine groups is 1. The van der Waals surface area contributed by atoms with Crippen LogP contribution in [0.15, 0.2) is 70.7 Å². The Morgan fingerprint density at radius 2 is 1.64 bits per heavy atom. The van der Waals surface area contributed by atoms with Crippen molar-refractivity contribution >= 4 is 31.5 Å². The maximum atomic E-state index is 13.5. The second-order valence-corrected chi connectivity index (χ2v) is 17.2. The average Bonchev–Trinajstić information content (AvgIpc) is 3.30. The summed E-state index contributed by atoms with van der Waals surface area (Å²) in [4.78, 5) is 33.4. The van der Waals surface area contributed by atoms with Gasteiger partial charge in [-0.2, -0.15) is 0 Å². The van der Waals surface area contributed by atoms with Gasteiger partial charge in [0.15, 0.2) is 0 Å². The Morgan fingerprint density at radius 1 is 0.944 bits per heavy atom. The van der Waals surface area contributed by atoms with Crippen LogP contribution >= 0.6 is 0 Å². The normalized spacial score (nSPS) is 19.9. The molecular weight excluding hydrogens is 464 g/mol. The fourth-order valence-corrected chi connectivity index (χ4v) is 8.45. The monoisotopic (exact) mass is 500 g/mol. The Morgan fingerprint density at radius 3 is 2.28 bits per heavy atom. The van der Waals surface area contributed by atoms with Crippen molar-refractivity contribution in [1.29, 1.82) is 0 Å². The van der Waals surface area contributed by atoms with Crippen molar-refractivity contribution in [3.8, 4) is 11.1 Å². The van der Waals surface area contributed by atoms with E-state index >= 15 is 0 Å². The van der Waals surface area contributed by atoms with E-state index in [4.69, 9.17) is 4.99 Å². The molecule has 188 valence electrons. The highest BCUT2D eigenvalue weighted by molar-refractivity contribution is 6.82. The highest BCUT2D eigenvalue weighted by Gasteiger charge is 2.54. The molecule has 2 aromatic carbocycles. The number of hydrogen-bond donors (Lipinski definition) is 2. The van der Waals surface area contributed by atoms with Crippen LogP contribution in [0.1, 0.15) is 33.1 Å². The molecule has 0 aromatic heterocycles. The van der Waals surface area contributed by atoms with Crippen LogP contribution < -0.4 is 10.6 Å². The molecule has 3 aliphatic rings. The molecule has 0 unspecified atom stereocenters. The topological polar surface area (TPSA) is 73.8 Å². The van der Waals surface area contributed by atoms with E-state index in [1.165, 1.54) is 0 Å². The summed E-state index contributed by atoms with van der Waals surface area (Å²) in [6.45, 7) is 11.9. The van der Waals surface area contributed by atoms with E-state index < -0.39 is 13.6 Å². The van der Waals surface area contributed by atoms with E-state index in [1.807, 2.05) is 47.4 Å². The van der Waals surface area contributed by atoms with E-state index in [1.54, 1.807) is 0 Å². The lowest BCUT2D eigenvalue weighted by Crippen LogP contribution is -2.55. The van der Waals surface area contributed by atoms with Gasteiger partial charge in [0.05, 0.1) is 26.7 Å². The van der Waals surface area contributed by atoms with Gasteiger partial charge in [-0.15, -0.1) is 0 Å². The van der Waals surface area contributed by atoms with Gasteiger partial charge in [-0.25, -0.2) is 4.79 Å². The predicted molar refractivity (Wildman–Crippen MR) is 149 cm³/mol. The molecule has 0 saturated heterocycles. The van der Waals surface area contributed by atoms with Crippen molar-refractivity contribution < 1.29 is 9.59 Å². The van der Waals surface area contributed by atoms with Gasteiger partial charge in [-0.3, -0.25) is 9.79 Å². The molecule has 3 amide bonds. The summed E-state index contributed by atoms with van der Waals surface area (Å²) >= 11 is 0. The Bertz CT molecular complexity index is 1270. The number of rotatable bonds is 4. The van der Waals surface area contributed by atoms with Crippen molar-refractivity contribution in [1.82, 2.24) is 10.2 Å². The molecule has 2 aromatic rings. The molecule has 2 N–H and O–H groups in total. The van der Waals surface area contributed by atoms with Gasteiger partial charge in [-0.05, 0) is 55.5 Å². The van der Waals surface area contributed by atoms with Crippen molar-refractivity contribution in [3.63, 3.8) is 0 Å². The fraction of sp³-hybridized carbons (Fsp3) is 0.414. The summed E-state index contributed by atoms with van der Waals surface area (Å²) in [7, 11) is -1.68. The minimum Gasteiger partial charge on any atom is -0.311 e. The SMILES string of the molecule is CC1(C)C2=C(CN1C(=O)Nc1cccc(-c3ccccc3)c1)C(NC(=O)C1([Si](C)(C)C)CCC1)=NC2. The van der Waals surface area contributed by atoms with Gasteiger partial charge < -0.3 is 15.5 Å². The number of anilines is 1. The number of carbonyl (C=O) groups excluding carboxylic acids is 2. The zero-order chi connectivity index (χ0) is 25.7. The van der Waals surface area contributed by atoms with E-state index in [2.05, 4.69) is 56.3 Å². The third-order valence-electron chi connectivity index (χ3n) is 8.55. The number of carbonyl (C=O) groups is 2. The van der Waals surface area contributed by atoms with E-state index in [0.29, 0.717) is 18.9 Å². The largest absolute Gasteiger partial charge is 0.322 e. The summed E-state index contributed by atoms with van der Waals surface area (Å²) in [5, 5.41) is 6.08. The second kappa shape index (κ2) is 8.73. The van der Waals surface area contributed by atoms with Gasteiger partial charge in [-0.1, -0.05) is 68.5 Å². The van der Waals surface area contributed by atoms with Crippen molar-refractivity contribution in [2.45, 2.75) is 63.3 Å². The lowest BCUT2D eigenvalue weighted by molar-refractivity contribution is -0.125. The number of aliphatic imine (C=N–C) groups is 1. The number of urea groups is 1. The summed E-state index contributed by atoms with van der Waals surface area (Å²) < 4.78 is 0. The molecule has 2 aliphatic heterocycles. The van der Waals surface area contributed by atoms with Crippen molar-refractivity contribution in [3.05, 3.63) is 65.7 Å². The van der Waals surface area contributed by atoms with E-state index in [9.17, 15) is 9.59 Å². The number of nitrogens with zero attached hydrogens (tertiary/aromatic N) is 2. The van der Waals surface area contributed by atoms with Gasteiger partial charge in [0.2, 0.25) is 5.91 Å². The molecule has 7 heteroatoms. The first kappa shape index (κ1) is 24.5. The van der Waals surface area contributed by atoms with Crippen LogP contribution in [0.5, 0.6) is 0 Å². The third-order valence-corrected chi connectivity index (χ3v) is 12.1. The smallest absolute Gasteiger partial charge is 0.311 e. The van der Waals surface area contributed by atoms with Crippen LogP contribution in [-0.4, -0.2) is 49.4 Å². The molecule has 1 saturated carbocycles. The fourth-order valence-electron chi connectivity index (χ4n) is 5.86. The van der Waals surface area contributed by atoms with Crippen LogP contribution in [0.3, 0.4) is 0 Å². The Labute approximate surface area is 214 Å². The third kappa shape index (κ3) is 3.99. The molecule has 0 radical (unpaired) electrons. The number of nitrogens with one attached hydrogen (secondary N) is 2. The van der Waals surface area contributed by atoms with Crippen molar-refractivity contribution in [2.24, 2.45) is 4.99 Å². The maximum Gasteiger partial charge on any atom is 0.322 e. The molecule has 0 atom stereocenters. The molecule has 36 heavy (non-hydrogen) atoms. The summed E-state index contributed by atoms with van der Waals surface area (Å²) in [5.41, 5.74) is 4.54. The maximum absolute atomic E-state index is 13.5. The molecule has 2 heterocycles. The quantitative estimate of drug-likeness (QED) is 0.500. The van der Waals surface area contributed by atoms with Crippen LogP contribution in [0.25, 0.3) is 11.1 Å². The number of amides is 3. The molecule has 1 aliphatic carbocycles. The minimum atomic E-state index is -1.68. The number of benzene rings is 2. The molecule has 0 spiro atoms. The Hall–Kier alpha value is -3.19. The minimum absolute atomic E-state index is 0.124. The zero-order valence-corrected chi connectivity index (χ0v) is 22.9. The van der Waals surface area contributed by atoms with Gasteiger partial charge >= 0.3 is 6.03 Å². The number of hydrogen-bond acceptors (Lipinski definition) is 3. The Kier molecular flexibility index (Phi) is 5.94. The molecule has 0 bridgehead atoms. The lowest BCUT2D eigenvalue weighted by atomic mass is 9.83.